The van der Waals surface area contributed by atoms with Gasteiger partial charge in [0.05, 0.1) is 36.5 Å². The van der Waals surface area contributed by atoms with Crippen LogP contribution >= 0.6 is 0 Å². The van der Waals surface area contributed by atoms with Crippen molar-refractivity contribution in [1.82, 2.24) is 20.1 Å². The summed E-state index contributed by atoms with van der Waals surface area (Å²) in [7, 11) is 0. The molecular weight excluding hydrogens is 720 g/mol. The predicted octanol–water partition coefficient (Wildman–Crippen LogP) is 6.02. The van der Waals surface area contributed by atoms with E-state index in [1.165, 1.54) is 17.2 Å². The topological polar surface area (TPSA) is 179 Å². The maximum Gasteiger partial charge on any atom is 0.320 e. The summed E-state index contributed by atoms with van der Waals surface area (Å²) in [5.41, 5.74) is 3.11. The lowest BCUT2D eigenvalue weighted by Crippen LogP contribution is -2.54. The molecule has 2 amide bonds. The molecule has 3 atom stereocenters. The second-order valence-electron chi connectivity index (χ2n) is 14.8. The maximum absolute atomic E-state index is 13.6. The summed E-state index contributed by atoms with van der Waals surface area (Å²) in [6.45, 7) is 4.26. The number of ketones is 2. The zero-order valence-corrected chi connectivity index (χ0v) is 31.4. The summed E-state index contributed by atoms with van der Waals surface area (Å²) < 4.78 is 22.2. The van der Waals surface area contributed by atoms with Gasteiger partial charge in [-0.05, 0) is 71.2 Å². The maximum atomic E-state index is 13.6. The number of piperidine rings is 2. The van der Waals surface area contributed by atoms with Crippen LogP contribution in [0, 0.1) is 22.0 Å². The van der Waals surface area contributed by atoms with E-state index in [4.69, 9.17) is 14.2 Å². The van der Waals surface area contributed by atoms with Gasteiger partial charge < -0.3 is 29.3 Å². The van der Waals surface area contributed by atoms with Crippen LogP contribution in [0.4, 0.5) is 16.2 Å². The zero-order valence-electron chi connectivity index (χ0n) is 31.4. The molecule has 1 unspecified atom stereocenters. The molecule has 0 bridgehead atoms. The van der Waals surface area contributed by atoms with Crippen molar-refractivity contribution in [2.24, 2.45) is 11.8 Å². The number of carbonyl (C=O) groups excluding carboxylic acids is 3. The third-order valence-corrected chi connectivity index (χ3v) is 11.1. The van der Waals surface area contributed by atoms with E-state index in [0.717, 1.165) is 25.0 Å². The third kappa shape index (κ3) is 9.51. The number of urea groups is 1. The molecule has 56 heavy (non-hydrogen) atoms. The zero-order chi connectivity index (χ0) is 38.9. The fraction of sp³-hybridized carbons (Fsp3) is 0.488. The summed E-state index contributed by atoms with van der Waals surface area (Å²) in [5.74, 6) is 1.56. The first kappa shape index (κ1) is 38.8. The summed E-state index contributed by atoms with van der Waals surface area (Å²) in [6.07, 6.45) is 4.38. The van der Waals surface area contributed by atoms with E-state index in [1.54, 1.807) is 6.07 Å². The highest BCUT2D eigenvalue weighted by molar-refractivity contribution is 5.93. The first-order chi connectivity index (χ1) is 27.3. The molecule has 0 saturated carbocycles. The molecule has 3 aliphatic heterocycles. The molecular formula is C41H48N6O9. The standard InChI is InChI=1S/C41H48N6O9/c48-32(16-22-53-23-17-42-35-11-12-36(47(51)52)40-39(35)43-56-44-40)9-5-21-54-34-10-4-8-30(25-34)38(28-6-2-1-3-7-28)29-13-18-45(19-14-29)41(50)46-20-15-37-31(26-46)24-33(49)27-55-37/h1-4,6-8,10-12,25,29,31,37-38,42H,5,9,13-24,26-27H2/t31-,37+,38?/m1/s1. The molecule has 0 radical (unpaired) electrons. The number of benzene rings is 3. The number of likely N-dealkylation sites (tertiary alicyclic amines) is 2. The third-order valence-electron chi connectivity index (χ3n) is 11.1. The van der Waals surface area contributed by atoms with Gasteiger partial charge in [-0.2, -0.15) is 0 Å². The highest BCUT2D eigenvalue weighted by atomic mass is 16.6. The molecule has 0 aliphatic carbocycles. The van der Waals surface area contributed by atoms with Crippen LogP contribution in [0.25, 0.3) is 11.0 Å². The number of aromatic nitrogens is 2. The van der Waals surface area contributed by atoms with Crippen molar-refractivity contribution < 1.29 is 38.1 Å². The van der Waals surface area contributed by atoms with Crippen molar-refractivity contribution in [2.75, 3.05) is 64.5 Å². The Kier molecular flexibility index (Phi) is 12.8. The van der Waals surface area contributed by atoms with Crippen molar-refractivity contribution in [3.8, 4) is 5.75 Å². The Bertz CT molecular complexity index is 1980. The molecule has 7 rings (SSSR count). The highest BCUT2D eigenvalue weighted by Crippen LogP contribution is 2.39. The first-order valence-electron chi connectivity index (χ1n) is 19.5. The number of carbonyl (C=O) groups is 3. The molecule has 3 saturated heterocycles. The number of hydrogen-bond acceptors (Lipinski definition) is 12. The Morgan fingerprint density at radius 2 is 1.70 bits per heavy atom. The lowest BCUT2D eigenvalue weighted by molar-refractivity contribution is -0.383. The number of Topliss-reactive ketones (excluding diaryl/α,β-unsaturated/α-hetero) is 2. The van der Waals surface area contributed by atoms with E-state index in [9.17, 15) is 24.5 Å². The van der Waals surface area contributed by atoms with E-state index < -0.39 is 4.92 Å². The van der Waals surface area contributed by atoms with E-state index in [0.29, 0.717) is 83.2 Å². The summed E-state index contributed by atoms with van der Waals surface area (Å²) in [6, 6.07) is 21.7. The smallest absolute Gasteiger partial charge is 0.320 e. The fourth-order valence-electron chi connectivity index (χ4n) is 8.24. The number of nitrogens with one attached hydrogen (secondary N) is 1. The number of nitro groups is 1. The van der Waals surface area contributed by atoms with Gasteiger partial charge >= 0.3 is 11.7 Å². The number of anilines is 1. The second-order valence-corrected chi connectivity index (χ2v) is 14.8. The number of nitro benzene ring substituents is 1. The number of fused-ring (bicyclic) bond motifs is 2. The quantitative estimate of drug-likeness (QED) is 0.0797. The molecule has 3 fully saturated rings. The van der Waals surface area contributed by atoms with Gasteiger partial charge in [-0.3, -0.25) is 19.7 Å². The predicted molar refractivity (Wildman–Crippen MR) is 206 cm³/mol. The highest BCUT2D eigenvalue weighted by Gasteiger charge is 2.39. The van der Waals surface area contributed by atoms with Crippen LogP contribution in [0.2, 0.25) is 0 Å². The Hall–Kier alpha value is -5.41. The number of ether oxygens (including phenoxy) is 3. The van der Waals surface area contributed by atoms with Gasteiger partial charge in [0, 0.05) is 69.9 Å². The number of rotatable bonds is 16. The molecule has 3 aromatic carbocycles. The largest absolute Gasteiger partial charge is 0.494 e. The van der Waals surface area contributed by atoms with Crippen LogP contribution in [0.3, 0.4) is 0 Å². The van der Waals surface area contributed by atoms with E-state index >= 15 is 0 Å². The van der Waals surface area contributed by atoms with Crippen molar-refractivity contribution in [3.05, 3.63) is 88.0 Å². The lowest BCUT2D eigenvalue weighted by Gasteiger charge is -2.43. The van der Waals surface area contributed by atoms with E-state index in [-0.39, 0.29) is 65.5 Å². The minimum atomic E-state index is -0.537. The van der Waals surface area contributed by atoms with E-state index in [2.05, 4.69) is 56.7 Å². The Morgan fingerprint density at radius 3 is 2.52 bits per heavy atom. The minimum Gasteiger partial charge on any atom is -0.494 e. The summed E-state index contributed by atoms with van der Waals surface area (Å²) >= 11 is 0. The van der Waals surface area contributed by atoms with Gasteiger partial charge in [0.2, 0.25) is 5.52 Å². The average molecular weight is 769 g/mol. The molecule has 4 heterocycles. The molecule has 1 N–H and O–H groups in total. The number of nitrogens with zero attached hydrogens (tertiary/aromatic N) is 5. The molecule has 296 valence electrons. The monoisotopic (exact) mass is 768 g/mol. The van der Waals surface area contributed by atoms with Gasteiger partial charge in [0.1, 0.15) is 18.1 Å². The van der Waals surface area contributed by atoms with Crippen molar-refractivity contribution in [2.45, 2.75) is 57.0 Å². The van der Waals surface area contributed by atoms with Crippen LogP contribution in [-0.4, -0.2) is 108 Å². The summed E-state index contributed by atoms with van der Waals surface area (Å²) in [5, 5.41) is 21.7. The normalized spacial score (nSPS) is 19.4. The molecule has 3 aliphatic rings. The SMILES string of the molecule is O=C(CCCOc1cccc(C(c2ccccc2)C2CCN(C(=O)N3CC[C@@H]4OCC(=O)C[C@@H]4C3)CC2)c1)CCOCCNc1ccc([N+](=O)[O-])c2nonc12. The van der Waals surface area contributed by atoms with E-state index in [1.807, 2.05) is 28.0 Å². The van der Waals surface area contributed by atoms with Gasteiger partial charge in [0.25, 0.3) is 0 Å². The van der Waals surface area contributed by atoms with Crippen LogP contribution in [-0.2, 0) is 19.1 Å². The molecule has 0 spiro atoms. The molecule has 1 aromatic heterocycles. The number of hydrogen-bond donors (Lipinski definition) is 1. The molecule has 15 nitrogen and oxygen atoms in total. The Balaban J connectivity index is 0.839. The second kappa shape index (κ2) is 18.5. The Morgan fingerprint density at radius 1 is 0.911 bits per heavy atom. The molecule has 15 heteroatoms. The van der Waals surface area contributed by atoms with Crippen LogP contribution in [0.5, 0.6) is 5.75 Å². The van der Waals surface area contributed by atoms with Gasteiger partial charge in [-0.15, -0.1) is 0 Å². The molecule has 4 aromatic rings. The van der Waals surface area contributed by atoms with Crippen LogP contribution in [0.1, 0.15) is 62.0 Å². The number of amides is 2. The minimum absolute atomic E-state index is 0.0690. The van der Waals surface area contributed by atoms with Crippen molar-refractivity contribution >= 4 is 40.0 Å². The average Bonchev–Trinajstić information content (AvgIpc) is 3.72. The fourth-order valence-corrected chi connectivity index (χ4v) is 8.24. The van der Waals surface area contributed by atoms with Crippen molar-refractivity contribution in [1.29, 1.82) is 0 Å². The Labute approximate surface area is 324 Å². The van der Waals surface area contributed by atoms with Gasteiger partial charge in [-0.1, -0.05) is 42.5 Å². The van der Waals surface area contributed by atoms with Gasteiger partial charge in [0.15, 0.2) is 11.3 Å². The first-order valence-corrected chi connectivity index (χ1v) is 19.5. The van der Waals surface area contributed by atoms with Gasteiger partial charge in [-0.25, -0.2) is 9.42 Å². The number of non-ortho nitro benzene ring substituents is 1. The van der Waals surface area contributed by atoms with Crippen LogP contribution in [0.15, 0.2) is 71.4 Å². The summed E-state index contributed by atoms with van der Waals surface area (Å²) in [4.78, 5) is 52.6. The van der Waals surface area contributed by atoms with Crippen LogP contribution < -0.4 is 10.1 Å². The van der Waals surface area contributed by atoms with Crippen molar-refractivity contribution in [3.63, 3.8) is 0 Å². The lowest BCUT2D eigenvalue weighted by atomic mass is 9.76.